The molecule has 3 rings (SSSR count). The third-order valence-electron chi connectivity index (χ3n) is 3.00. The number of hydrogen-bond donors (Lipinski definition) is 2. The molecule has 108 valence electrons. The van der Waals surface area contributed by atoms with Gasteiger partial charge in [0.05, 0.1) is 29.9 Å². The van der Waals surface area contributed by atoms with E-state index >= 15 is 0 Å². The van der Waals surface area contributed by atoms with Crippen LogP contribution in [-0.4, -0.2) is 10.1 Å². The van der Waals surface area contributed by atoms with Gasteiger partial charge in [-0.05, 0) is 61.7 Å². The highest BCUT2D eigenvalue weighted by Crippen LogP contribution is 2.35. The molecule has 2 N–H and O–H groups in total. The van der Waals surface area contributed by atoms with Crippen molar-refractivity contribution < 1.29 is 5.11 Å². The molecule has 0 spiro atoms. The summed E-state index contributed by atoms with van der Waals surface area (Å²) >= 11 is 14.5. The van der Waals surface area contributed by atoms with Crippen molar-refractivity contribution in [3.63, 3.8) is 0 Å². The van der Waals surface area contributed by atoms with Crippen LogP contribution in [-0.2, 0) is 6.54 Å². The number of nitrogens with zero attached hydrogens (tertiary/aromatic N) is 1. The normalized spacial score (nSPS) is 11.0. The summed E-state index contributed by atoms with van der Waals surface area (Å²) in [5.74, 6) is 0.193. The predicted molar refractivity (Wildman–Crippen MR) is 95.5 cm³/mol. The van der Waals surface area contributed by atoms with Gasteiger partial charge in [0.15, 0.2) is 0 Å². The zero-order valence-electron chi connectivity index (χ0n) is 10.5. The lowest BCUT2D eigenvalue weighted by molar-refractivity contribution is 0.468. The Labute approximate surface area is 147 Å². The molecule has 0 fully saturated rings. The van der Waals surface area contributed by atoms with Gasteiger partial charge >= 0.3 is 0 Å². The number of hydrogen-bond acceptors (Lipinski definition) is 4. The standard InChI is InChI=1S/C14H9Br2ClN2OS/c15-8-3-7(4-9(16)14(8)20)5-18-12-10(17)1-2-11-13(12)19-6-21-11/h1-4,6,18,20H,5H2. The fourth-order valence-corrected chi connectivity index (χ4v) is 4.17. The van der Waals surface area contributed by atoms with Crippen LogP contribution in [0.15, 0.2) is 38.7 Å². The minimum Gasteiger partial charge on any atom is -0.506 e. The maximum atomic E-state index is 9.73. The van der Waals surface area contributed by atoms with E-state index in [9.17, 15) is 5.11 Å². The van der Waals surface area contributed by atoms with E-state index in [0.29, 0.717) is 20.5 Å². The summed E-state index contributed by atoms with van der Waals surface area (Å²) in [6, 6.07) is 7.56. The van der Waals surface area contributed by atoms with Gasteiger partial charge in [0.25, 0.3) is 0 Å². The van der Waals surface area contributed by atoms with Gasteiger partial charge < -0.3 is 10.4 Å². The summed E-state index contributed by atoms with van der Waals surface area (Å²) in [7, 11) is 0. The number of nitrogens with one attached hydrogen (secondary N) is 1. The largest absolute Gasteiger partial charge is 0.506 e. The van der Waals surface area contributed by atoms with E-state index in [1.54, 1.807) is 16.8 Å². The van der Waals surface area contributed by atoms with Gasteiger partial charge in [-0.1, -0.05) is 11.6 Å². The Bertz CT molecular complexity index is 799. The number of phenolic OH excluding ortho intramolecular Hbond substituents is 1. The topological polar surface area (TPSA) is 45.1 Å². The second-order valence-electron chi connectivity index (χ2n) is 4.38. The Morgan fingerprint density at radius 2 is 1.95 bits per heavy atom. The number of halogens is 3. The van der Waals surface area contributed by atoms with Crippen LogP contribution in [0.2, 0.25) is 5.02 Å². The molecule has 1 aromatic heterocycles. The van der Waals surface area contributed by atoms with Crippen LogP contribution in [0.3, 0.4) is 0 Å². The minimum absolute atomic E-state index is 0.193. The third kappa shape index (κ3) is 3.04. The molecule has 0 radical (unpaired) electrons. The summed E-state index contributed by atoms with van der Waals surface area (Å²) in [5.41, 5.74) is 4.52. The number of rotatable bonds is 3. The average Bonchev–Trinajstić information content (AvgIpc) is 2.92. The van der Waals surface area contributed by atoms with Crippen molar-refractivity contribution in [1.82, 2.24) is 4.98 Å². The molecule has 1 heterocycles. The lowest BCUT2D eigenvalue weighted by Gasteiger charge is -2.11. The van der Waals surface area contributed by atoms with Gasteiger partial charge in [-0.25, -0.2) is 4.98 Å². The average molecular weight is 449 g/mol. The van der Waals surface area contributed by atoms with Crippen LogP contribution in [0.5, 0.6) is 5.75 Å². The molecular formula is C14H9Br2ClN2OS. The van der Waals surface area contributed by atoms with Crippen LogP contribution in [0, 0.1) is 0 Å². The Balaban J connectivity index is 1.90. The van der Waals surface area contributed by atoms with Crippen molar-refractivity contribution in [3.05, 3.63) is 49.3 Å². The van der Waals surface area contributed by atoms with E-state index in [-0.39, 0.29) is 5.75 Å². The molecule has 0 bridgehead atoms. The lowest BCUT2D eigenvalue weighted by Crippen LogP contribution is -2.01. The van der Waals surface area contributed by atoms with E-state index in [4.69, 9.17) is 11.6 Å². The Kier molecular flexibility index (Phi) is 4.40. The molecule has 0 aliphatic rings. The van der Waals surface area contributed by atoms with Crippen molar-refractivity contribution >= 4 is 70.7 Å². The Morgan fingerprint density at radius 1 is 1.24 bits per heavy atom. The van der Waals surface area contributed by atoms with E-state index in [1.165, 1.54) is 0 Å². The molecule has 0 saturated heterocycles. The summed E-state index contributed by atoms with van der Waals surface area (Å²) in [6.07, 6.45) is 0. The van der Waals surface area contributed by atoms with Gasteiger partial charge in [0.2, 0.25) is 0 Å². The molecule has 0 aliphatic heterocycles. The number of thiazole rings is 1. The quantitative estimate of drug-likeness (QED) is 0.533. The first-order valence-corrected chi connectivity index (χ1v) is 8.83. The van der Waals surface area contributed by atoms with Crippen LogP contribution in [0.1, 0.15) is 5.56 Å². The van der Waals surface area contributed by atoms with E-state index in [0.717, 1.165) is 21.5 Å². The highest BCUT2D eigenvalue weighted by Gasteiger charge is 2.10. The number of aromatic hydroxyl groups is 1. The van der Waals surface area contributed by atoms with Crippen molar-refractivity contribution in [2.24, 2.45) is 0 Å². The fourth-order valence-electron chi connectivity index (χ4n) is 1.99. The summed E-state index contributed by atoms with van der Waals surface area (Å²) in [6.45, 7) is 0.577. The SMILES string of the molecule is Oc1c(Br)cc(CNc2c(Cl)ccc3scnc23)cc1Br. The number of fused-ring (bicyclic) bond motifs is 1. The smallest absolute Gasteiger partial charge is 0.143 e. The van der Waals surface area contributed by atoms with E-state index in [1.807, 2.05) is 24.3 Å². The molecular weight excluding hydrogens is 439 g/mol. The van der Waals surface area contributed by atoms with Crippen LogP contribution in [0.4, 0.5) is 5.69 Å². The van der Waals surface area contributed by atoms with Crippen molar-refractivity contribution in [2.75, 3.05) is 5.32 Å². The molecule has 0 aliphatic carbocycles. The Morgan fingerprint density at radius 3 is 2.67 bits per heavy atom. The van der Waals surface area contributed by atoms with E-state index in [2.05, 4.69) is 42.2 Å². The maximum Gasteiger partial charge on any atom is 0.143 e. The molecule has 0 unspecified atom stereocenters. The second-order valence-corrected chi connectivity index (χ2v) is 7.39. The first-order valence-electron chi connectivity index (χ1n) is 5.98. The van der Waals surface area contributed by atoms with Crippen molar-refractivity contribution in [1.29, 1.82) is 0 Å². The molecule has 7 heteroatoms. The zero-order chi connectivity index (χ0) is 15.0. The zero-order valence-corrected chi connectivity index (χ0v) is 15.3. The maximum absolute atomic E-state index is 9.73. The van der Waals surface area contributed by atoms with Crippen molar-refractivity contribution in [3.8, 4) is 5.75 Å². The third-order valence-corrected chi connectivity index (χ3v) is 5.32. The van der Waals surface area contributed by atoms with Gasteiger partial charge in [0, 0.05) is 6.54 Å². The summed E-state index contributed by atoms with van der Waals surface area (Å²) < 4.78 is 2.38. The number of aromatic nitrogens is 1. The minimum atomic E-state index is 0.193. The number of benzene rings is 2. The number of phenols is 1. The molecule has 0 saturated carbocycles. The van der Waals surface area contributed by atoms with Crippen LogP contribution < -0.4 is 5.32 Å². The van der Waals surface area contributed by atoms with Gasteiger partial charge in [-0.2, -0.15) is 0 Å². The highest BCUT2D eigenvalue weighted by atomic mass is 79.9. The molecule has 3 aromatic rings. The molecule has 0 atom stereocenters. The molecule has 21 heavy (non-hydrogen) atoms. The first kappa shape index (κ1) is 15.1. The molecule has 2 aromatic carbocycles. The number of anilines is 1. The first-order chi connectivity index (χ1) is 10.1. The molecule has 0 amide bonds. The monoisotopic (exact) mass is 446 g/mol. The van der Waals surface area contributed by atoms with Gasteiger partial charge in [0.1, 0.15) is 11.3 Å². The fraction of sp³-hybridized carbons (Fsp3) is 0.0714. The summed E-state index contributed by atoms with van der Waals surface area (Å²) in [5, 5.41) is 13.7. The van der Waals surface area contributed by atoms with Crippen molar-refractivity contribution in [2.45, 2.75) is 6.54 Å². The van der Waals surface area contributed by atoms with Gasteiger partial charge in [-0.15, -0.1) is 11.3 Å². The summed E-state index contributed by atoms with van der Waals surface area (Å²) in [4.78, 5) is 4.35. The lowest BCUT2D eigenvalue weighted by atomic mass is 10.2. The highest BCUT2D eigenvalue weighted by molar-refractivity contribution is 9.11. The van der Waals surface area contributed by atoms with Crippen LogP contribution in [0.25, 0.3) is 10.2 Å². The Hall–Kier alpha value is -0.820. The van der Waals surface area contributed by atoms with E-state index < -0.39 is 0 Å². The predicted octanol–water partition coefficient (Wildman–Crippen LogP) is 5.79. The second kappa shape index (κ2) is 6.12. The molecule has 3 nitrogen and oxygen atoms in total. The van der Waals surface area contributed by atoms with Gasteiger partial charge in [-0.3, -0.25) is 0 Å². The van der Waals surface area contributed by atoms with Crippen LogP contribution >= 0.6 is 54.8 Å².